The van der Waals surface area contributed by atoms with Gasteiger partial charge < -0.3 is 14.8 Å². The van der Waals surface area contributed by atoms with Crippen LogP contribution in [-0.2, 0) is 4.79 Å². The molecule has 0 aliphatic rings. The molecule has 116 valence electrons. The lowest BCUT2D eigenvalue weighted by atomic mass is 10.3. The molecule has 0 saturated heterocycles. The summed E-state index contributed by atoms with van der Waals surface area (Å²) in [7, 11) is 1.57. The van der Waals surface area contributed by atoms with Crippen molar-refractivity contribution in [1.29, 1.82) is 0 Å². The Hall–Kier alpha value is -1.91. The Morgan fingerprint density at radius 3 is 2.50 bits per heavy atom. The summed E-state index contributed by atoms with van der Waals surface area (Å²) < 4.78 is 10.7. The highest BCUT2D eigenvalue weighted by atomic mass is 35.5. The van der Waals surface area contributed by atoms with Gasteiger partial charge in [0.15, 0.2) is 6.10 Å². The van der Waals surface area contributed by atoms with Crippen LogP contribution in [-0.4, -0.2) is 19.1 Å². The zero-order chi connectivity index (χ0) is 16.1. The summed E-state index contributed by atoms with van der Waals surface area (Å²) >= 11 is 11.7. The molecule has 0 aliphatic heterocycles. The lowest BCUT2D eigenvalue weighted by Gasteiger charge is -2.15. The maximum Gasteiger partial charge on any atom is 0.265 e. The molecule has 4 nitrogen and oxygen atoms in total. The number of methoxy groups -OCH3 is 1. The summed E-state index contributed by atoms with van der Waals surface area (Å²) in [6.07, 6.45) is -0.679. The van der Waals surface area contributed by atoms with Gasteiger partial charge in [-0.3, -0.25) is 4.79 Å². The summed E-state index contributed by atoms with van der Waals surface area (Å²) in [4.78, 5) is 12.1. The molecule has 0 radical (unpaired) electrons. The molecule has 0 fully saturated rings. The molecule has 22 heavy (non-hydrogen) atoms. The van der Waals surface area contributed by atoms with Crippen molar-refractivity contribution < 1.29 is 14.3 Å². The van der Waals surface area contributed by atoms with E-state index in [-0.39, 0.29) is 5.91 Å². The van der Waals surface area contributed by atoms with E-state index in [9.17, 15) is 4.79 Å². The number of anilines is 1. The summed E-state index contributed by atoms with van der Waals surface area (Å²) in [5, 5.41) is 3.53. The van der Waals surface area contributed by atoms with E-state index in [1.165, 1.54) is 0 Å². The Balaban J connectivity index is 2.00. The first-order valence-corrected chi connectivity index (χ1v) is 7.32. The van der Waals surface area contributed by atoms with Crippen LogP contribution in [0.3, 0.4) is 0 Å². The predicted molar refractivity (Wildman–Crippen MR) is 88.2 cm³/mol. The Labute approximate surface area is 138 Å². The number of amides is 1. The summed E-state index contributed by atoms with van der Waals surface area (Å²) in [5.41, 5.74) is 0.556. The number of halogens is 2. The number of carbonyl (C=O) groups is 1. The van der Waals surface area contributed by atoms with Crippen molar-refractivity contribution in [3.8, 4) is 11.5 Å². The molecule has 6 heteroatoms. The van der Waals surface area contributed by atoms with Crippen LogP contribution in [0.4, 0.5) is 5.69 Å². The fraction of sp³-hybridized carbons (Fsp3) is 0.188. The highest BCUT2D eigenvalue weighted by molar-refractivity contribution is 6.42. The van der Waals surface area contributed by atoms with Crippen molar-refractivity contribution in [3.63, 3.8) is 0 Å². The molecule has 2 rings (SSSR count). The van der Waals surface area contributed by atoms with E-state index in [1.54, 1.807) is 56.5 Å². The Kier molecular flexibility index (Phi) is 5.52. The van der Waals surface area contributed by atoms with Gasteiger partial charge >= 0.3 is 0 Å². The Bertz CT molecular complexity index is 676. The lowest BCUT2D eigenvalue weighted by molar-refractivity contribution is -0.122. The topological polar surface area (TPSA) is 47.6 Å². The van der Waals surface area contributed by atoms with Crippen molar-refractivity contribution in [2.75, 3.05) is 12.4 Å². The fourth-order valence-corrected chi connectivity index (χ4v) is 2.05. The van der Waals surface area contributed by atoms with Crippen molar-refractivity contribution in [2.24, 2.45) is 0 Å². The summed E-state index contributed by atoms with van der Waals surface area (Å²) in [6.45, 7) is 1.66. The van der Waals surface area contributed by atoms with Gasteiger partial charge in [-0.05, 0) is 37.3 Å². The SMILES string of the molecule is COc1cccc(O[C@@H](C)C(=O)Nc2ccc(Cl)c(Cl)c2)c1. The molecule has 0 spiro atoms. The van der Waals surface area contributed by atoms with Crippen molar-refractivity contribution in [2.45, 2.75) is 13.0 Å². The van der Waals surface area contributed by atoms with Crippen molar-refractivity contribution in [1.82, 2.24) is 0 Å². The normalized spacial score (nSPS) is 11.6. The predicted octanol–water partition coefficient (Wildman–Crippen LogP) is 4.41. The van der Waals surface area contributed by atoms with Crippen LogP contribution in [0.2, 0.25) is 10.0 Å². The average molecular weight is 340 g/mol. The van der Waals surface area contributed by atoms with Crippen molar-refractivity contribution >= 4 is 34.8 Å². The maximum atomic E-state index is 12.1. The molecule has 0 aromatic heterocycles. The highest BCUT2D eigenvalue weighted by Crippen LogP contribution is 2.25. The molecule has 2 aromatic rings. The van der Waals surface area contributed by atoms with Gasteiger partial charge in [0.25, 0.3) is 5.91 Å². The van der Waals surface area contributed by atoms with Crippen LogP contribution >= 0.6 is 23.2 Å². The van der Waals surface area contributed by atoms with E-state index in [2.05, 4.69) is 5.32 Å². The quantitative estimate of drug-likeness (QED) is 0.877. The van der Waals surface area contributed by atoms with Crippen LogP contribution in [0.15, 0.2) is 42.5 Å². The molecular weight excluding hydrogens is 325 g/mol. The number of carbonyl (C=O) groups excluding carboxylic acids is 1. The van der Waals surface area contributed by atoms with Crippen LogP contribution in [0.5, 0.6) is 11.5 Å². The number of nitrogens with one attached hydrogen (secondary N) is 1. The number of hydrogen-bond donors (Lipinski definition) is 1. The third kappa shape index (κ3) is 4.29. The molecule has 0 saturated carbocycles. The van der Waals surface area contributed by atoms with Gasteiger partial charge in [-0.1, -0.05) is 29.3 Å². The van der Waals surface area contributed by atoms with Gasteiger partial charge in [-0.2, -0.15) is 0 Å². The number of ether oxygens (including phenoxy) is 2. The van der Waals surface area contributed by atoms with Crippen LogP contribution in [0, 0.1) is 0 Å². The molecule has 0 aliphatic carbocycles. The van der Waals surface area contributed by atoms with E-state index in [1.807, 2.05) is 0 Å². The smallest absolute Gasteiger partial charge is 0.265 e. The molecule has 0 heterocycles. The van der Waals surface area contributed by atoms with Gasteiger partial charge in [0.1, 0.15) is 11.5 Å². The Morgan fingerprint density at radius 1 is 1.09 bits per heavy atom. The number of hydrogen-bond acceptors (Lipinski definition) is 3. The third-order valence-electron chi connectivity index (χ3n) is 2.91. The first-order valence-electron chi connectivity index (χ1n) is 6.56. The van der Waals surface area contributed by atoms with E-state index in [4.69, 9.17) is 32.7 Å². The molecule has 1 N–H and O–H groups in total. The minimum atomic E-state index is -0.679. The van der Waals surface area contributed by atoms with E-state index < -0.39 is 6.10 Å². The largest absolute Gasteiger partial charge is 0.497 e. The van der Waals surface area contributed by atoms with Gasteiger partial charge in [0, 0.05) is 11.8 Å². The monoisotopic (exact) mass is 339 g/mol. The van der Waals surface area contributed by atoms with Crippen LogP contribution in [0.1, 0.15) is 6.92 Å². The first kappa shape index (κ1) is 16.5. The fourth-order valence-electron chi connectivity index (χ4n) is 1.75. The average Bonchev–Trinajstić information content (AvgIpc) is 2.51. The van der Waals surface area contributed by atoms with E-state index >= 15 is 0 Å². The second-order valence-electron chi connectivity index (χ2n) is 4.56. The van der Waals surface area contributed by atoms with Gasteiger partial charge in [0.05, 0.1) is 17.2 Å². The Morgan fingerprint density at radius 2 is 1.82 bits per heavy atom. The van der Waals surface area contributed by atoms with E-state index in [0.717, 1.165) is 0 Å². The second-order valence-corrected chi connectivity index (χ2v) is 5.37. The molecular formula is C16H15Cl2NO3. The first-order chi connectivity index (χ1) is 10.5. The van der Waals surface area contributed by atoms with Crippen LogP contribution in [0.25, 0.3) is 0 Å². The molecule has 0 bridgehead atoms. The van der Waals surface area contributed by atoms with Gasteiger partial charge in [-0.25, -0.2) is 0 Å². The lowest BCUT2D eigenvalue weighted by Crippen LogP contribution is -2.30. The van der Waals surface area contributed by atoms with Crippen LogP contribution < -0.4 is 14.8 Å². The zero-order valence-corrected chi connectivity index (χ0v) is 13.6. The number of rotatable bonds is 5. The molecule has 0 unspecified atom stereocenters. The third-order valence-corrected chi connectivity index (χ3v) is 3.65. The maximum absolute atomic E-state index is 12.1. The van der Waals surface area contributed by atoms with E-state index in [0.29, 0.717) is 27.2 Å². The summed E-state index contributed by atoms with van der Waals surface area (Å²) in [6, 6.07) is 11.9. The minimum Gasteiger partial charge on any atom is -0.497 e. The molecule has 1 atom stereocenters. The highest BCUT2D eigenvalue weighted by Gasteiger charge is 2.15. The standard InChI is InChI=1S/C16H15Cl2NO3/c1-10(22-13-5-3-4-12(9-13)21-2)16(20)19-11-6-7-14(17)15(18)8-11/h3-10H,1-2H3,(H,19,20)/t10-/m0/s1. The molecule has 2 aromatic carbocycles. The van der Waals surface area contributed by atoms with Crippen molar-refractivity contribution in [3.05, 3.63) is 52.5 Å². The second kappa shape index (κ2) is 7.38. The molecule has 1 amide bonds. The minimum absolute atomic E-state index is 0.291. The van der Waals surface area contributed by atoms with Gasteiger partial charge in [-0.15, -0.1) is 0 Å². The zero-order valence-electron chi connectivity index (χ0n) is 12.1. The number of benzene rings is 2. The van der Waals surface area contributed by atoms with Gasteiger partial charge in [0.2, 0.25) is 0 Å². The summed E-state index contributed by atoms with van der Waals surface area (Å²) in [5.74, 6) is 0.923.